The number of hydrogen-bond acceptors (Lipinski definition) is 7. The number of rotatable bonds is 11. The number of carbonyl (C=O) groups is 2. The third-order valence-electron chi connectivity index (χ3n) is 5.58. The monoisotopic (exact) mass is 501 g/mol. The zero-order valence-corrected chi connectivity index (χ0v) is 21.6. The Bertz CT molecular complexity index is 1380. The Balaban J connectivity index is 2.21. The standard InChI is InChI=1S/C29H31N3O5/c1-7-21(8-2)15-25-28-31-26(16-22(9-3)10-4)29(36-18-35-19(5)33)32(28)17-27(30-25)23-11-13-24(14-12-23)37-20(6)34/h7-14,17H,1,3,15-16,18H2,2,4-6H3/b21-8+,22-10+. The van der Waals surface area contributed by atoms with Gasteiger partial charge in [0, 0.05) is 38.4 Å². The van der Waals surface area contributed by atoms with Gasteiger partial charge in [-0.2, -0.15) is 0 Å². The van der Waals surface area contributed by atoms with Crippen LogP contribution < -0.4 is 9.47 Å². The predicted molar refractivity (Wildman–Crippen MR) is 142 cm³/mol. The number of nitrogens with zero attached hydrogens (tertiary/aromatic N) is 3. The number of allylic oxidation sites excluding steroid dienone is 6. The third-order valence-corrected chi connectivity index (χ3v) is 5.58. The van der Waals surface area contributed by atoms with Crippen LogP contribution in [0.15, 0.2) is 79.1 Å². The van der Waals surface area contributed by atoms with Gasteiger partial charge in [0.05, 0.1) is 11.4 Å². The molecule has 8 nitrogen and oxygen atoms in total. The Morgan fingerprint density at radius 2 is 1.54 bits per heavy atom. The van der Waals surface area contributed by atoms with Crippen molar-refractivity contribution in [2.45, 2.75) is 40.5 Å². The van der Waals surface area contributed by atoms with Crippen LogP contribution in [0.2, 0.25) is 0 Å². The van der Waals surface area contributed by atoms with Crippen LogP contribution in [0.3, 0.4) is 0 Å². The van der Waals surface area contributed by atoms with E-state index in [4.69, 9.17) is 24.2 Å². The summed E-state index contributed by atoms with van der Waals surface area (Å²) in [5, 5.41) is 0. The fraction of sp³-hybridized carbons (Fsp3) is 0.241. The first-order valence-electron chi connectivity index (χ1n) is 11.8. The summed E-state index contributed by atoms with van der Waals surface area (Å²) in [4.78, 5) is 32.5. The molecular weight excluding hydrogens is 470 g/mol. The van der Waals surface area contributed by atoms with Crippen molar-refractivity contribution in [1.29, 1.82) is 0 Å². The molecule has 0 saturated carbocycles. The minimum Gasteiger partial charge on any atom is -0.440 e. The van der Waals surface area contributed by atoms with Gasteiger partial charge in [-0.25, -0.2) is 9.97 Å². The zero-order valence-electron chi connectivity index (χ0n) is 21.6. The van der Waals surface area contributed by atoms with Crippen LogP contribution in [0.25, 0.3) is 16.9 Å². The molecule has 0 fully saturated rings. The highest BCUT2D eigenvalue weighted by atomic mass is 16.7. The summed E-state index contributed by atoms with van der Waals surface area (Å²) >= 11 is 0. The number of benzene rings is 1. The van der Waals surface area contributed by atoms with Gasteiger partial charge >= 0.3 is 11.9 Å². The van der Waals surface area contributed by atoms with Crippen molar-refractivity contribution in [3.63, 3.8) is 0 Å². The number of ether oxygens (including phenoxy) is 3. The summed E-state index contributed by atoms with van der Waals surface area (Å²) < 4.78 is 18.0. The van der Waals surface area contributed by atoms with E-state index < -0.39 is 11.9 Å². The van der Waals surface area contributed by atoms with Crippen molar-refractivity contribution in [2.24, 2.45) is 0 Å². The maximum Gasteiger partial charge on any atom is 0.308 e. The largest absolute Gasteiger partial charge is 0.440 e. The Morgan fingerprint density at radius 3 is 2.08 bits per heavy atom. The minimum absolute atomic E-state index is 0.258. The van der Waals surface area contributed by atoms with E-state index in [1.54, 1.807) is 24.3 Å². The molecule has 0 atom stereocenters. The Kier molecular flexibility index (Phi) is 9.16. The molecule has 0 radical (unpaired) electrons. The van der Waals surface area contributed by atoms with E-state index in [1.165, 1.54) is 13.8 Å². The quantitative estimate of drug-likeness (QED) is 0.147. The topological polar surface area (TPSA) is 92.0 Å². The zero-order chi connectivity index (χ0) is 26.9. The van der Waals surface area contributed by atoms with E-state index in [-0.39, 0.29) is 6.79 Å². The second-order valence-corrected chi connectivity index (χ2v) is 8.14. The van der Waals surface area contributed by atoms with Gasteiger partial charge in [-0.05, 0) is 49.3 Å². The van der Waals surface area contributed by atoms with Crippen LogP contribution in [0, 0.1) is 0 Å². The van der Waals surface area contributed by atoms with Gasteiger partial charge in [0.25, 0.3) is 0 Å². The fourth-order valence-corrected chi connectivity index (χ4v) is 3.66. The second-order valence-electron chi connectivity index (χ2n) is 8.14. The molecule has 2 aromatic heterocycles. The van der Waals surface area contributed by atoms with Crippen LogP contribution in [0.5, 0.6) is 11.6 Å². The molecular formula is C29H31N3O5. The average Bonchev–Trinajstić information content (AvgIpc) is 3.22. The van der Waals surface area contributed by atoms with E-state index in [2.05, 4.69) is 13.2 Å². The van der Waals surface area contributed by atoms with Gasteiger partial charge in [0.15, 0.2) is 5.65 Å². The second kappa shape index (κ2) is 12.5. The summed E-state index contributed by atoms with van der Waals surface area (Å²) in [5.41, 5.74) is 5.42. The molecule has 2 heterocycles. The van der Waals surface area contributed by atoms with Crippen molar-refractivity contribution in [2.75, 3.05) is 6.79 Å². The first kappa shape index (κ1) is 27.1. The molecule has 0 saturated heterocycles. The van der Waals surface area contributed by atoms with Crippen molar-refractivity contribution in [3.05, 3.63) is 90.5 Å². The third kappa shape index (κ3) is 6.82. The minimum atomic E-state index is -0.449. The van der Waals surface area contributed by atoms with E-state index >= 15 is 0 Å². The van der Waals surface area contributed by atoms with E-state index in [1.807, 2.05) is 48.7 Å². The maximum atomic E-state index is 11.4. The molecule has 1 aromatic carbocycles. The highest BCUT2D eigenvalue weighted by Gasteiger charge is 2.20. The molecule has 0 N–H and O–H groups in total. The first-order valence-corrected chi connectivity index (χ1v) is 11.8. The molecule has 192 valence electrons. The average molecular weight is 502 g/mol. The molecule has 0 spiro atoms. The number of carbonyl (C=O) groups excluding carboxylic acids is 2. The van der Waals surface area contributed by atoms with Crippen LogP contribution in [-0.2, 0) is 27.2 Å². The van der Waals surface area contributed by atoms with E-state index in [9.17, 15) is 9.59 Å². The van der Waals surface area contributed by atoms with Crippen molar-refractivity contribution < 1.29 is 23.8 Å². The Labute approximate surface area is 216 Å². The lowest BCUT2D eigenvalue weighted by molar-refractivity contribution is -0.147. The predicted octanol–water partition coefficient (Wildman–Crippen LogP) is 5.57. The number of fused-ring (bicyclic) bond motifs is 1. The summed E-state index contributed by atoms with van der Waals surface area (Å²) in [6.07, 6.45) is 10.3. The van der Waals surface area contributed by atoms with Crippen molar-refractivity contribution in [3.8, 4) is 22.9 Å². The van der Waals surface area contributed by atoms with Gasteiger partial charge in [-0.1, -0.05) is 37.5 Å². The molecule has 0 aliphatic carbocycles. The summed E-state index contributed by atoms with van der Waals surface area (Å²) in [6, 6.07) is 7.08. The number of hydrogen-bond donors (Lipinski definition) is 0. The van der Waals surface area contributed by atoms with Crippen molar-refractivity contribution >= 4 is 17.6 Å². The lowest BCUT2D eigenvalue weighted by atomic mass is 10.1. The van der Waals surface area contributed by atoms with E-state index in [0.29, 0.717) is 41.5 Å². The SMILES string of the molecule is C=C/C(=C\C)Cc1nc2c(C/C(C=C)=C/C)nc(-c3ccc(OC(C)=O)cc3)cn2c1OCOC(C)=O. The lowest BCUT2D eigenvalue weighted by Crippen LogP contribution is -2.10. The number of aromatic nitrogens is 3. The van der Waals surface area contributed by atoms with Crippen molar-refractivity contribution in [1.82, 2.24) is 14.4 Å². The van der Waals surface area contributed by atoms with Gasteiger partial charge in [-0.3, -0.25) is 14.0 Å². The smallest absolute Gasteiger partial charge is 0.308 e. The first-order chi connectivity index (χ1) is 17.8. The van der Waals surface area contributed by atoms with Crippen LogP contribution in [0.4, 0.5) is 0 Å². The molecule has 0 aliphatic heterocycles. The molecule has 3 aromatic rings. The molecule has 0 bridgehead atoms. The fourth-order valence-electron chi connectivity index (χ4n) is 3.66. The van der Waals surface area contributed by atoms with Gasteiger partial charge < -0.3 is 14.2 Å². The Hall–Kier alpha value is -4.46. The molecule has 37 heavy (non-hydrogen) atoms. The summed E-state index contributed by atoms with van der Waals surface area (Å²) in [5.74, 6) is 0.0483. The van der Waals surface area contributed by atoms with Crippen LogP contribution in [0.1, 0.15) is 39.1 Å². The van der Waals surface area contributed by atoms with Gasteiger partial charge in [0.1, 0.15) is 11.4 Å². The molecule has 0 aliphatic rings. The maximum absolute atomic E-state index is 11.4. The van der Waals surface area contributed by atoms with Crippen LogP contribution >= 0.6 is 0 Å². The summed E-state index contributed by atoms with van der Waals surface area (Å²) in [6.45, 7) is 14.1. The normalized spacial score (nSPS) is 11.8. The van der Waals surface area contributed by atoms with Crippen LogP contribution in [-0.4, -0.2) is 33.1 Å². The highest BCUT2D eigenvalue weighted by molar-refractivity contribution is 5.70. The Morgan fingerprint density at radius 1 is 0.919 bits per heavy atom. The van der Waals surface area contributed by atoms with Gasteiger partial charge in [-0.15, -0.1) is 0 Å². The molecule has 0 amide bonds. The molecule has 8 heteroatoms. The lowest BCUT2D eigenvalue weighted by Gasteiger charge is -2.11. The number of imidazole rings is 1. The molecule has 3 rings (SSSR count). The number of esters is 2. The van der Waals surface area contributed by atoms with Gasteiger partial charge in [0.2, 0.25) is 12.7 Å². The molecule has 0 unspecified atom stereocenters. The van der Waals surface area contributed by atoms with E-state index in [0.717, 1.165) is 22.4 Å². The highest BCUT2D eigenvalue weighted by Crippen LogP contribution is 2.30. The summed E-state index contributed by atoms with van der Waals surface area (Å²) in [7, 11) is 0.